The Morgan fingerprint density at radius 2 is 2.11 bits per heavy atom. The van der Waals surface area contributed by atoms with E-state index >= 15 is 0 Å². The van der Waals surface area contributed by atoms with Crippen LogP contribution in [-0.2, 0) is 16.1 Å². The van der Waals surface area contributed by atoms with Crippen molar-refractivity contribution < 1.29 is 9.59 Å². The molecule has 0 bridgehead atoms. The first kappa shape index (κ1) is 11.2. The van der Waals surface area contributed by atoms with E-state index in [9.17, 15) is 9.59 Å². The maximum atomic E-state index is 11.9. The van der Waals surface area contributed by atoms with Crippen molar-refractivity contribution in [3.8, 4) is 0 Å². The van der Waals surface area contributed by atoms with Crippen LogP contribution >= 0.6 is 11.3 Å². The third-order valence-corrected chi connectivity index (χ3v) is 4.08. The molecular formula is C14H11NO2S. The monoisotopic (exact) mass is 257 g/mol. The second-order valence-corrected chi connectivity index (χ2v) is 5.13. The van der Waals surface area contributed by atoms with E-state index in [0.717, 1.165) is 16.1 Å². The van der Waals surface area contributed by atoms with Gasteiger partial charge in [-0.1, -0.05) is 24.3 Å². The van der Waals surface area contributed by atoms with Crippen molar-refractivity contribution in [1.29, 1.82) is 0 Å². The number of thiophene rings is 1. The average molecular weight is 257 g/mol. The second kappa shape index (κ2) is 4.38. The largest absolute Gasteiger partial charge is 0.344 e. The predicted molar refractivity (Wildman–Crippen MR) is 70.8 cm³/mol. The second-order valence-electron chi connectivity index (χ2n) is 4.20. The fourth-order valence-corrected chi connectivity index (χ4v) is 3.16. The van der Waals surface area contributed by atoms with Crippen LogP contribution in [0.1, 0.15) is 17.2 Å². The maximum absolute atomic E-state index is 11.9. The summed E-state index contributed by atoms with van der Waals surface area (Å²) >= 11 is 1.58. The van der Waals surface area contributed by atoms with Crippen molar-refractivity contribution >= 4 is 28.4 Å². The average Bonchev–Trinajstić information content (AvgIpc) is 3.04. The van der Waals surface area contributed by atoms with Gasteiger partial charge in [0.2, 0.25) is 5.78 Å². The van der Waals surface area contributed by atoms with Crippen LogP contribution in [0.15, 0.2) is 41.8 Å². The molecule has 2 aromatic rings. The molecule has 0 fully saturated rings. The number of carbonyl (C=O) groups is 2. The molecule has 90 valence electrons. The minimum absolute atomic E-state index is 0.381. The van der Waals surface area contributed by atoms with Crippen LogP contribution in [0.4, 0.5) is 5.00 Å². The summed E-state index contributed by atoms with van der Waals surface area (Å²) in [6.07, 6.45) is 0.424. The van der Waals surface area contributed by atoms with Gasteiger partial charge in [0.1, 0.15) is 6.04 Å². The third kappa shape index (κ3) is 1.66. The summed E-state index contributed by atoms with van der Waals surface area (Å²) in [7, 11) is 0. The van der Waals surface area contributed by atoms with Gasteiger partial charge in [0.15, 0.2) is 6.29 Å². The molecule has 0 N–H and O–H groups in total. The number of hydrogen-bond acceptors (Lipinski definition) is 4. The Morgan fingerprint density at radius 1 is 1.28 bits per heavy atom. The van der Waals surface area contributed by atoms with Crippen LogP contribution in [0.5, 0.6) is 0 Å². The van der Waals surface area contributed by atoms with E-state index in [1.54, 1.807) is 11.3 Å². The molecule has 0 saturated heterocycles. The van der Waals surface area contributed by atoms with E-state index in [0.29, 0.717) is 12.8 Å². The molecular weight excluding hydrogens is 246 g/mol. The van der Waals surface area contributed by atoms with Crippen molar-refractivity contribution in [2.75, 3.05) is 4.90 Å². The highest BCUT2D eigenvalue weighted by molar-refractivity contribution is 7.14. The molecule has 3 rings (SSSR count). The number of carbonyl (C=O) groups excluding carboxylic acids is 2. The van der Waals surface area contributed by atoms with Crippen molar-refractivity contribution in [2.24, 2.45) is 0 Å². The zero-order chi connectivity index (χ0) is 12.5. The van der Waals surface area contributed by atoms with Gasteiger partial charge in [-0.3, -0.25) is 9.59 Å². The zero-order valence-electron chi connectivity index (χ0n) is 9.58. The summed E-state index contributed by atoms with van der Waals surface area (Å²) in [5.74, 6) is -0.381. The van der Waals surface area contributed by atoms with Crippen LogP contribution < -0.4 is 4.90 Å². The van der Waals surface area contributed by atoms with Crippen LogP contribution in [0, 0.1) is 0 Å². The highest BCUT2D eigenvalue weighted by Crippen LogP contribution is 2.39. The number of aldehydes is 1. The number of fused-ring (bicyclic) bond motifs is 1. The molecule has 0 spiro atoms. The predicted octanol–water partition coefficient (Wildman–Crippen LogP) is 2.58. The lowest BCUT2D eigenvalue weighted by Crippen LogP contribution is -2.28. The summed E-state index contributed by atoms with van der Waals surface area (Å²) in [5, 5.41) is 2.99. The van der Waals surface area contributed by atoms with Crippen molar-refractivity contribution in [1.82, 2.24) is 0 Å². The number of rotatable bonds is 3. The Morgan fingerprint density at radius 3 is 2.83 bits per heavy atom. The summed E-state index contributed by atoms with van der Waals surface area (Å²) < 4.78 is 0. The van der Waals surface area contributed by atoms with Gasteiger partial charge in [-0.15, -0.1) is 11.3 Å². The lowest BCUT2D eigenvalue weighted by molar-refractivity contribution is -0.130. The van der Waals surface area contributed by atoms with E-state index in [2.05, 4.69) is 0 Å². The van der Waals surface area contributed by atoms with Gasteiger partial charge in [0.25, 0.3) is 0 Å². The molecule has 0 amide bonds. The standard InChI is InChI=1S/C14H11NO2S/c16-9-12(17)14-11-5-2-1-4-10(11)8-15(14)13-6-3-7-18-13/h1-7,9,14H,8H2. The number of nitrogens with zero attached hydrogens (tertiary/aromatic N) is 1. The third-order valence-electron chi connectivity index (χ3n) is 3.18. The van der Waals surface area contributed by atoms with E-state index in [4.69, 9.17) is 0 Å². The normalized spacial score (nSPS) is 17.6. The van der Waals surface area contributed by atoms with Gasteiger partial charge in [-0.05, 0) is 28.6 Å². The molecule has 0 saturated carbocycles. The number of benzene rings is 1. The van der Waals surface area contributed by atoms with Gasteiger partial charge in [-0.25, -0.2) is 0 Å². The summed E-state index contributed by atoms with van der Waals surface area (Å²) in [4.78, 5) is 24.7. The smallest absolute Gasteiger partial charge is 0.222 e. The molecule has 1 unspecified atom stereocenters. The summed E-state index contributed by atoms with van der Waals surface area (Å²) in [5.41, 5.74) is 2.06. The Balaban J connectivity index is 2.08. The highest BCUT2D eigenvalue weighted by atomic mass is 32.1. The molecule has 1 aliphatic rings. The van der Waals surface area contributed by atoms with Crippen molar-refractivity contribution in [3.63, 3.8) is 0 Å². The first-order valence-corrected chi connectivity index (χ1v) is 6.56. The fourth-order valence-electron chi connectivity index (χ4n) is 2.40. The minimum Gasteiger partial charge on any atom is -0.344 e. The van der Waals surface area contributed by atoms with Crippen molar-refractivity contribution in [3.05, 3.63) is 52.9 Å². The quantitative estimate of drug-likeness (QED) is 0.626. The van der Waals surface area contributed by atoms with Gasteiger partial charge >= 0.3 is 0 Å². The van der Waals surface area contributed by atoms with Gasteiger partial charge in [0, 0.05) is 6.54 Å². The number of Topliss-reactive ketones (excluding diaryl/α,β-unsaturated/α-hetero) is 1. The Kier molecular flexibility index (Phi) is 2.72. The van der Waals surface area contributed by atoms with Gasteiger partial charge in [-0.2, -0.15) is 0 Å². The van der Waals surface area contributed by atoms with E-state index in [-0.39, 0.29) is 5.78 Å². The molecule has 0 radical (unpaired) electrons. The molecule has 18 heavy (non-hydrogen) atoms. The van der Waals surface area contributed by atoms with Crippen LogP contribution in [0.25, 0.3) is 0 Å². The molecule has 1 aromatic carbocycles. The summed E-state index contributed by atoms with van der Waals surface area (Å²) in [6, 6.07) is 11.3. The summed E-state index contributed by atoms with van der Waals surface area (Å²) in [6.45, 7) is 0.681. The first-order valence-electron chi connectivity index (χ1n) is 5.68. The molecule has 4 heteroatoms. The van der Waals surface area contributed by atoms with Gasteiger partial charge in [0.05, 0.1) is 5.00 Å². The van der Waals surface area contributed by atoms with Crippen LogP contribution in [-0.4, -0.2) is 12.1 Å². The molecule has 1 atom stereocenters. The molecule has 2 heterocycles. The lowest BCUT2D eigenvalue weighted by atomic mass is 10.0. The van der Waals surface area contributed by atoms with E-state index < -0.39 is 6.04 Å². The fraction of sp³-hybridized carbons (Fsp3) is 0.143. The molecule has 1 aliphatic heterocycles. The Labute approximate surface area is 109 Å². The number of anilines is 1. The lowest BCUT2D eigenvalue weighted by Gasteiger charge is -2.22. The topological polar surface area (TPSA) is 37.4 Å². The molecule has 1 aromatic heterocycles. The number of ketones is 1. The number of hydrogen-bond donors (Lipinski definition) is 0. The van der Waals surface area contributed by atoms with Crippen LogP contribution in [0.2, 0.25) is 0 Å². The van der Waals surface area contributed by atoms with E-state index in [1.165, 1.54) is 0 Å². The minimum atomic E-state index is -0.461. The zero-order valence-corrected chi connectivity index (χ0v) is 10.4. The highest BCUT2D eigenvalue weighted by Gasteiger charge is 2.35. The Hall–Kier alpha value is -1.94. The molecule has 0 aliphatic carbocycles. The maximum Gasteiger partial charge on any atom is 0.222 e. The van der Waals surface area contributed by atoms with E-state index in [1.807, 2.05) is 46.7 Å². The van der Waals surface area contributed by atoms with Crippen molar-refractivity contribution in [2.45, 2.75) is 12.6 Å². The molecule has 3 nitrogen and oxygen atoms in total. The Bertz CT molecular complexity index is 592. The van der Waals surface area contributed by atoms with Crippen LogP contribution in [0.3, 0.4) is 0 Å². The SMILES string of the molecule is O=CC(=O)C1c2ccccc2CN1c1cccs1. The van der Waals surface area contributed by atoms with Gasteiger partial charge < -0.3 is 4.90 Å². The first-order chi connectivity index (χ1) is 8.81.